The minimum Gasteiger partial charge on any atom is -0.290 e. The predicted octanol–water partition coefficient (Wildman–Crippen LogP) is 1.50. The number of carbonyl (C=O) groups excluding carboxylic acids is 1. The molecule has 0 aliphatic carbocycles. The van der Waals surface area contributed by atoms with E-state index in [4.69, 9.17) is 17.4 Å². The van der Waals surface area contributed by atoms with Gasteiger partial charge in [-0.05, 0) is 12.1 Å². The Morgan fingerprint density at radius 2 is 2.15 bits per heavy atom. The molecule has 72 valence electrons. The van der Waals surface area contributed by atoms with E-state index in [2.05, 4.69) is 0 Å². The molecule has 0 saturated heterocycles. The highest BCUT2D eigenvalue weighted by Gasteiger charge is 2.11. The molecule has 1 aromatic rings. The van der Waals surface area contributed by atoms with E-state index in [9.17, 15) is 9.18 Å². The van der Waals surface area contributed by atoms with E-state index < -0.39 is 11.7 Å². The maximum Gasteiger partial charge on any atom is 0.268 e. The van der Waals surface area contributed by atoms with E-state index in [1.165, 1.54) is 18.2 Å². The summed E-state index contributed by atoms with van der Waals surface area (Å²) in [6, 6.07) is 4.11. The van der Waals surface area contributed by atoms with E-state index in [1.54, 1.807) is 0 Å². The van der Waals surface area contributed by atoms with Crippen molar-refractivity contribution in [3.63, 3.8) is 0 Å². The van der Waals surface area contributed by atoms with Gasteiger partial charge in [-0.15, -0.1) is 12.4 Å². The van der Waals surface area contributed by atoms with Crippen molar-refractivity contribution in [3.8, 4) is 0 Å². The Kier molecular flexibility index (Phi) is 4.69. The van der Waals surface area contributed by atoms with Crippen LogP contribution in [0.1, 0.15) is 10.4 Å². The Balaban J connectivity index is 0.00000144. The number of carbonyl (C=O) groups is 1. The number of amides is 1. The molecule has 6 heteroatoms. The maximum absolute atomic E-state index is 13.0. The number of rotatable bonds is 1. The van der Waals surface area contributed by atoms with E-state index in [0.717, 1.165) is 0 Å². The zero-order valence-corrected chi connectivity index (χ0v) is 7.95. The summed E-state index contributed by atoms with van der Waals surface area (Å²) in [6.45, 7) is 0. The van der Waals surface area contributed by atoms with E-state index in [-0.39, 0.29) is 23.0 Å². The van der Waals surface area contributed by atoms with Crippen LogP contribution >= 0.6 is 24.0 Å². The van der Waals surface area contributed by atoms with Gasteiger partial charge in [-0.3, -0.25) is 10.2 Å². The van der Waals surface area contributed by atoms with Crippen LogP contribution in [0.3, 0.4) is 0 Å². The summed E-state index contributed by atoms with van der Waals surface area (Å²) < 4.78 is 13.0. The molecule has 1 aromatic carbocycles. The lowest BCUT2D eigenvalue weighted by Gasteiger charge is -2.01. The maximum atomic E-state index is 13.0. The van der Waals surface area contributed by atoms with Crippen LogP contribution in [0.25, 0.3) is 0 Å². The molecule has 0 aromatic heterocycles. The van der Waals surface area contributed by atoms with Crippen molar-refractivity contribution < 1.29 is 9.18 Å². The highest BCUT2D eigenvalue weighted by molar-refractivity contribution is 6.31. The SMILES string of the molecule is Cl.NNC(=O)c1cccc(Cl)c1F. The van der Waals surface area contributed by atoms with Gasteiger partial charge in [0.25, 0.3) is 5.91 Å². The number of hydrazine groups is 1. The zero-order chi connectivity index (χ0) is 9.14. The normalized spacial score (nSPS) is 8.85. The van der Waals surface area contributed by atoms with Gasteiger partial charge in [-0.1, -0.05) is 17.7 Å². The first-order valence-electron chi connectivity index (χ1n) is 3.11. The van der Waals surface area contributed by atoms with Crippen LogP contribution < -0.4 is 11.3 Å². The third kappa shape index (κ3) is 2.55. The second kappa shape index (κ2) is 5.01. The zero-order valence-electron chi connectivity index (χ0n) is 6.38. The van der Waals surface area contributed by atoms with Crippen molar-refractivity contribution in [1.29, 1.82) is 0 Å². The van der Waals surface area contributed by atoms with Crippen LogP contribution in [-0.4, -0.2) is 5.91 Å². The number of nitrogen functional groups attached to an aromatic ring is 1. The van der Waals surface area contributed by atoms with Gasteiger partial charge < -0.3 is 0 Å². The summed E-state index contributed by atoms with van der Waals surface area (Å²) in [4.78, 5) is 10.9. The highest BCUT2D eigenvalue weighted by atomic mass is 35.5. The number of hydrogen-bond acceptors (Lipinski definition) is 2. The Bertz CT molecular complexity index is 319. The first kappa shape index (κ1) is 12.2. The summed E-state index contributed by atoms with van der Waals surface area (Å²) in [7, 11) is 0. The van der Waals surface area contributed by atoms with Gasteiger partial charge in [0.1, 0.15) is 0 Å². The Hall–Kier alpha value is -0.840. The second-order valence-electron chi connectivity index (χ2n) is 2.07. The van der Waals surface area contributed by atoms with Crippen molar-refractivity contribution in [3.05, 3.63) is 34.6 Å². The lowest BCUT2D eigenvalue weighted by atomic mass is 10.2. The molecule has 3 nitrogen and oxygen atoms in total. The molecule has 3 N–H and O–H groups in total. The summed E-state index contributed by atoms with van der Waals surface area (Å²) in [5, 5.41) is -0.101. The van der Waals surface area contributed by atoms with Gasteiger partial charge in [0.15, 0.2) is 5.82 Å². The standard InChI is InChI=1S/C7H6ClFN2O.ClH/c8-5-3-1-2-4(6(5)9)7(12)11-10;/h1-3H,10H2,(H,11,12);1H. The van der Waals surface area contributed by atoms with Gasteiger partial charge >= 0.3 is 0 Å². The summed E-state index contributed by atoms with van der Waals surface area (Å²) in [6.07, 6.45) is 0. The van der Waals surface area contributed by atoms with Crippen LogP contribution in [0.4, 0.5) is 4.39 Å². The third-order valence-corrected chi connectivity index (χ3v) is 1.62. The number of halogens is 3. The molecule has 0 aliphatic rings. The molecule has 1 rings (SSSR count). The third-order valence-electron chi connectivity index (χ3n) is 1.33. The van der Waals surface area contributed by atoms with Crippen LogP contribution in [0.15, 0.2) is 18.2 Å². The Labute approximate surface area is 85.4 Å². The highest BCUT2D eigenvalue weighted by Crippen LogP contribution is 2.17. The average molecular weight is 225 g/mol. The number of hydrogen-bond donors (Lipinski definition) is 2. The molecule has 0 bridgehead atoms. The lowest BCUT2D eigenvalue weighted by molar-refractivity contribution is 0.0949. The molecule has 0 unspecified atom stereocenters. The van der Waals surface area contributed by atoms with Crippen molar-refractivity contribution in [2.45, 2.75) is 0 Å². The summed E-state index contributed by atoms with van der Waals surface area (Å²) in [5.74, 6) is 3.35. The molecule has 13 heavy (non-hydrogen) atoms. The smallest absolute Gasteiger partial charge is 0.268 e. The van der Waals surface area contributed by atoms with Crippen LogP contribution in [0, 0.1) is 5.82 Å². The van der Waals surface area contributed by atoms with Crippen molar-refractivity contribution in [1.82, 2.24) is 5.43 Å². The van der Waals surface area contributed by atoms with Gasteiger partial charge in [0.2, 0.25) is 0 Å². The van der Waals surface area contributed by atoms with Crippen molar-refractivity contribution in [2.75, 3.05) is 0 Å². The lowest BCUT2D eigenvalue weighted by Crippen LogP contribution is -2.30. The van der Waals surface area contributed by atoms with Crippen molar-refractivity contribution in [2.24, 2.45) is 5.84 Å². The Morgan fingerprint density at radius 3 is 2.69 bits per heavy atom. The topological polar surface area (TPSA) is 55.1 Å². The van der Waals surface area contributed by atoms with E-state index in [0.29, 0.717) is 0 Å². The molecular formula is C7H7Cl2FN2O. The first-order chi connectivity index (χ1) is 5.66. The van der Waals surface area contributed by atoms with Crippen LogP contribution in [0.2, 0.25) is 5.02 Å². The van der Waals surface area contributed by atoms with Gasteiger partial charge in [-0.25, -0.2) is 10.2 Å². The molecule has 0 atom stereocenters. The minimum atomic E-state index is -0.762. The molecule has 0 fully saturated rings. The molecular weight excluding hydrogens is 218 g/mol. The largest absolute Gasteiger partial charge is 0.290 e. The monoisotopic (exact) mass is 224 g/mol. The van der Waals surface area contributed by atoms with E-state index in [1.807, 2.05) is 5.43 Å². The van der Waals surface area contributed by atoms with Crippen molar-refractivity contribution >= 4 is 29.9 Å². The predicted molar refractivity (Wildman–Crippen MR) is 50.3 cm³/mol. The first-order valence-corrected chi connectivity index (χ1v) is 3.49. The number of nitrogens with two attached hydrogens (primary N) is 1. The summed E-state index contributed by atoms with van der Waals surface area (Å²) in [5.41, 5.74) is 1.65. The molecule has 0 aliphatic heterocycles. The quantitative estimate of drug-likeness (QED) is 0.432. The summed E-state index contributed by atoms with van der Waals surface area (Å²) >= 11 is 5.42. The molecule has 0 heterocycles. The number of nitrogens with one attached hydrogen (secondary N) is 1. The second-order valence-corrected chi connectivity index (χ2v) is 2.48. The fourth-order valence-electron chi connectivity index (χ4n) is 0.757. The van der Waals surface area contributed by atoms with Gasteiger partial charge in [-0.2, -0.15) is 0 Å². The molecule has 0 radical (unpaired) electrons. The average Bonchev–Trinajstić information content (AvgIpc) is 2.08. The Morgan fingerprint density at radius 1 is 1.54 bits per heavy atom. The van der Waals surface area contributed by atoms with Crippen LogP contribution in [0.5, 0.6) is 0 Å². The fourth-order valence-corrected chi connectivity index (χ4v) is 0.931. The number of benzene rings is 1. The van der Waals surface area contributed by atoms with Gasteiger partial charge in [0.05, 0.1) is 10.6 Å². The van der Waals surface area contributed by atoms with Crippen LogP contribution in [-0.2, 0) is 0 Å². The molecule has 1 amide bonds. The van der Waals surface area contributed by atoms with E-state index >= 15 is 0 Å². The van der Waals surface area contributed by atoms with Gasteiger partial charge in [0, 0.05) is 0 Å². The fraction of sp³-hybridized carbons (Fsp3) is 0. The molecule has 0 saturated carbocycles. The minimum absolute atomic E-state index is 0. The molecule has 0 spiro atoms.